The Hall–Kier alpha value is -0.990. The van der Waals surface area contributed by atoms with Crippen LogP contribution in [0.1, 0.15) is 37.2 Å². The first-order valence-electron chi connectivity index (χ1n) is 5.45. The van der Waals surface area contributed by atoms with Gasteiger partial charge in [-0.2, -0.15) is 0 Å². The molecule has 0 aliphatic heterocycles. The fourth-order valence-electron chi connectivity index (χ4n) is 1.85. The van der Waals surface area contributed by atoms with E-state index in [-0.39, 0.29) is 4.21 Å². The van der Waals surface area contributed by atoms with Crippen molar-refractivity contribution in [2.75, 3.05) is 0 Å². The lowest BCUT2D eigenvalue weighted by Gasteiger charge is -2.25. The maximum absolute atomic E-state index is 12.2. The number of nitrogens with zero attached hydrogens (tertiary/aromatic N) is 1. The predicted molar refractivity (Wildman–Crippen MR) is 66.2 cm³/mol. The summed E-state index contributed by atoms with van der Waals surface area (Å²) in [6.45, 7) is 3.62. The quantitative estimate of drug-likeness (QED) is 0.852. The van der Waals surface area contributed by atoms with E-state index in [1.54, 1.807) is 0 Å². The van der Waals surface area contributed by atoms with E-state index in [0.717, 1.165) is 24.2 Å². The lowest BCUT2D eigenvalue weighted by Crippen LogP contribution is -2.45. The monoisotopic (exact) mass is 290 g/mol. The first-order valence-corrected chi connectivity index (χ1v) is 7.81. The van der Waals surface area contributed by atoms with Gasteiger partial charge in [0.25, 0.3) is 10.0 Å². The lowest BCUT2D eigenvalue weighted by atomic mass is 10.0. The summed E-state index contributed by atoms with van der Waals surface area (Å²) < 4.78 is 26.7. The zero-order valence-corrected chi connectivity index (χ0v) is 11.6. The minimum Gasteiger partial charge on any atom is -0.476 e. The third-order valence-corrected chi connectivity index (χ3v) is 6.02. The van der Waals surface area contributed by atoms with E-state index in [1.807, 2.05) is 13.8 Å². The summed E-state index contributed by atoms with van der Waals surface area (Å²) in [5.74, 6) is -1.02. The van der Waals surface area contributed by atoms with E-state index in [9.17, 15) is 13.2 Å². The molecular formula is C10H14N2O4S2. The number of nitrogens with one attached hydrogen (secondary N) is 1. The minimum atomic E-state index is -3.83. The fraction of sp³-hybridized carbons (Fsp3) is 0.600. The summed E-state index contributed by atoms with van der Waals surface area (Å²) in [7, 11) is -3.83. The van der Waals surface area contributed by atoms with Crippen LogP contribution in [0.25, 0.3) is 0 Å². The molecule has 100 valence electrons. The number of sulfonamides is 1. The average molecular weight is 290 g/mol. The number of carboxylic acid groups (broad SMARTS) is 1. The molecule has 8 heteroatoms. The van der Waals surface area contributed by atoms with Gasteiger partial charge in [-0.3, -0.25) is 0 Å². The third kappa shape index (κ3) is 2.55. The van der Waals surface area contributed by atoms with Crippen molar-refractivity contribution in [2.45, 2.75) is 36.4 Å². The molecule has 1 heterocycles. The van der Waals surface area contributed by atoms with Gasteiger partial charge in [0.15, 0.2) is 9.90 Å². The van der Waals surface area contributed by atoms with Crippen molar-refractivity contribution in [1.29, 1.82) is 0 Å². The van der Waals surface area contributed by atoms with Gasteiger partial charge in [-0.05, 0) is 32.6 Å². The maximum atomic E-state index is 12.2. The first-order chi connectivity index (χ1) is 8.24. The first kappa shape index (κ1) is 13.4. The molecule has 0 spiro atoms. The van der Waals surface area contributed by atoms with E-state index >= 15 is 0 Å². The van der Waals surface area contributed by atoms with Gasteiger partial charge in [0.05, 0.1) is 5.51 Å². The van der Waals surface area contributed by atoms with Crippen LogP contribution < -0.4 is 4.72 Å². The smallest absolute Gasteiger partial charge is 0.356 e. The SMILES string of the molecule is CC(C)(NS(=O)(=O)c1scnc1C(=O)O)C1CC1. The van der Waals surface area contributed by atoms with Gasteiger partial charge in [0.2, 0.25) is 0 Å². The molecule has 0 unspecified atom stereocenters. The van der Waals surface area contributed by atoms with Crippen molar-refractivity contribution in [3.05, 3.63) is 11.2 Å². The second-order valence-corrected chi connectivity index (χ2v) is 7.63. The van der Waals surface area contributed by atoms with Crippen LogP contribution in [-0.4, -0.2) is 30.0 Å². The number of aromatic nitrogens is 1. The molecule has 2 rings (SSSR count). The highest BCUT2D eigenvalue weighted by Crippen LogP contribution is 2.40. The topological polar surface area (TPSA) is 96.4 Å². The van der Waals surface area contributed by atoms with Gasteiger partial charge < -0.3 is 5.11 Å². The van der Waals surface area contributed by atoms with Gasteiger partial charge in [-0.1, -0.05) is 0 Å². The van der Waals surface area contributed by atoms with Crippen LogP contribution in [0.4, 0.5) is 0 Å². The molecule has 1 fully saturated rings. The van der Waals surface area contributed by atoms with Crippen LogP contribution in [0.2, 0.25) is 0 Å². The standard InChI is InChI=1S/C10H14N2O4S2/c1-10(2,6-3-4-6)12-18(15,16)9-7(8(13)14)11-5-17-9/h5-6,12H,3-4H2,1-2H3,(H,13,14). The molecular weight excluding hydrogens is 276 g/mol. The Balaban J connectivity index is 2.30. The molecule has 2 N–H and O–H groups in total. The molecule has 1 aliphatic carbocycles. The van der Waals surface area contributed by atoms with Crippen molar-refractivity contribution in [1.82, 2.24) is 9.71 Å². The highest BCUT2D eigenvalue weighted by Gasteiger charge is 2.41. The number of thiazole rings is 1. The highest BCUT2D eigenvalue weighted by molar-refractivity contribution is 7.91. The number of hydrogen-bond acceptors (Lipinski definition) is 5. The molecule has 0 radical (unpaired) electrons. The van der Waals surface area contributed by atoms with Crippen molar-refractivity contribution >= 4 is 27.3 Å². The largest absolute Gasteiger partial charge is 0.476 e. The number of carboxylic acids is 1. The molecule has 1 aliphatic rings. The Morgan fingerprint density at radius 1 is 1.56 bits per heavy atom. The molecule has 1 aromatic rings. The van der Waals surface area contributed by atoms with Gasteiger partial charge in [0, 0.05) is 5.54 Å². The van der Waals surface area contributed by atoms with E-state index in [0.29, 0.717) is 5.92 Å². The molecule has 0 amide bonds. The van der Waals surface area contributed by atoms with Crippen LogP contribution >= 0.6 is 11.3 Å². The van der Waals surface area contributed by atoms with Crippen LogP contribution in [-0.2, 0) is 10.0 Å². The van der Waals surface area contributed by atoms with Crippen LogP contribution in [0, 0.1) is 5.92 Å². The average Bonchev–Trinajstić information content (AvgIpc) is 2.94. The Kier molecular flexibility index (Phi) is 3.20. The zero-order chi connectivity index (χ0) is 13.6. The molecule has 1 saturated carbocycles. The van der Waals surface area contributed by atoms with Crippen LogP contribution in [0.5, 0.6) is 0 Å². The molecule has 0 bridgehead atoms. The summed E-state index contributed by atoms with van der Waals surface area (Å²) in [6.07, 6.45) is 1.98. The summed E-state index contributed by atoms with van der Waals surface area (Å²) >= 11 is 0.815. The van der Waals surface area contributed by atoms with Gasteiger partial charge in [-0.25, -0.2) is 22.9 Å². The van der Waals surface area contributed by atoms with E-state index in [2.05, 4.69) is 9.71 Å². The number of rotatable bonds is 5. The number of hydrogen-bond donors (Lipinski definition) is 2. The molecule has 1 aromatic heterocycles. The Morgan fingerprint density at radius 2 is 2.17 bits per heavy atom. The van der Waals surface area contributed by atoms with Crippen molar-refractivity contribution in [3.8, 4) is 0 Å². The maximum Gasteiger partial charge on any atom is 0.356 e. The van der Waals surface area contributed by atoms with E-state index < -0.39 is 27.2 Å². The molecule has 6 nitrogen and oxygen atoms in total. The Morgan fingerprint density at radius 3 is 2.67 bits per heavy atom. The Bertz CT molecular complexity index is 572. The van der Waals surface area contributed by atoms with E-state index in [4.69, 9.17) is 5.11 Å². The summed E-state index contributed by atoms with van der Waals surface area (Å²) in [5, 5.41) is 8.89. The van der Waals surface area contributed by atoms with Crippen molar-refractivity contribution in [3.63, 3.8) is 0 Å². The van der Waals surface area contributed by atoms with Gasteiger partial charge in [-0.15, -0.1) is 11.3 Å². The Labute approximate surface area is 109 Å². The lowest BCUT2D eigenvalue weighted by molar-refractivity contribution is 0.0687. The normalized spacial score (nSPS) is 16.8. The third-order valence-electron chi connectivity index (χ3n) is 2.98. The number of carbonyl (C=O) groups is 1. The van der Waals surface area contributed by atoms with Crippen molar-refractivity contribution in [2.24, 2.45) is 5.92 Å². The second-order valence-electron chi connectivity index (χ2n) is 4.90. The van der Waals surface area contributed by atoms with Crippen LogP contribution in [0.3, 0.4) is 0 Å². The van der Waals surface area contributed by atoms with Gasteiger partial charge >= 0.3 is 5.97 Å². The fourth-order valence-corrected chi connectivity index (χ4v) is 4.46. The summed E-state index contributed by atoms with van der Waals surface area (Å²) in [6, 6.07) is 0. The molecule has 0 aromatic carbocycles. The summed E-state index contributed by atoms with van der Waals surface area (Å²) in [5.41, 5.74) is 0.250. The van der Waals surface area contributed by atoms with Crippen molar-refractivity contribution < 1.29 is 18.3 Å². The molecule has 18 heavy (non-hydrogen) atoms. The highest BCUT2D eigenvalue weighted by atomic mass is 32.2. The minimum absolute atomic E-state index is 0.233. The second kappa shape index (κ2) is 4.29. The summed E-state index contributed by atoms with van der Waals surface area (Å²) in [4.78, 5) is 14.5. The molecule has 0 atom stereocenters. The molecule has 0 saturated heterocycles. The van der Waals surface area contributed by atoms with Crippen LogP contribution in [0.15, 0.2) is 9.72 Å². The number of aromatic carboxylic acids is 1. The van der Waals surface area contributed by atoms with E-state index in [1.165, 1.54) is 5.51 Å². The predicted octanol–water partition coefficient (Wildman–Crippen LogP) is 1.31. The zero-order valence-electron chi connectivity index (χ0n) is 10.0. The van der Waals surface area contributed by atoms with Gasteiger partial charge in [0.1, 0.15) is 0 Å².